The van der Waals surface area contributed by atoms with E-state index in [-0.39, 0.29) is 23.5 Å². The van der Waals surface area contributed by atoms with E-state index in [1.54, 1.807) is 35.2 Å². The highest BCUT2D eigenvalue weighted by Gasteiger charge is 2.26. The summed E-state index contributed by atoms with van der Waals surface area (Å²) >= 11 is 1.39. The Labute approximate surface area is 257 Å². The van der Waals surface area contributed by atoms with E-state index in [2.05, 4.69) is 10.6 Å². The number of aliphatic carboxylic acids is 1. The number of piperazine rings is 1. The highest BCUT2D eigenvalue weighted by Crippen LogP contribution is 2.30. The number of carboxylic acid groups (broad SMARTS) is 1. The number of thiophene rings is 1. The van der Waals surface area contributed by atoms with E-state index in [4.69, 9.17) is 0 Å². The molecule has 1 unspecified atom stereocenters. The lowest BCUT2D eigenvalue weighted by molar-refractivity contribution is -0.137. The second-order valence-corrected chi connectivity index (χ2v) is 11.4. The van der Waals surface area contributed by atoms with Crippen LogP contribution in [-0.4, -0.2) is 59.9 Å². The maximum Gasteiger partial charge on any atom is 0.305 e. The van der Waals surface area contributed by atoms with E-state index < -0.39 is 29.6 Å². The predicted molar refractivity (Wildman–Crippen MR) is 167 cm³/mol. The molecule has 0 spiro atoms. The van der Waals surface area contributed by atoms with Gasteiger partial charge in [-0.05, 0) is 60.3 Å². The number of anilines is 2. The number of hydrogen-bond acceptors (Lipinski definition) is 6. The smallest absolute Gasteiger partial charge is 0.305 e. The van der Waals surface area contributed by atoms with Crippen LogP contribution in [0.15, 0.2) is 84.2 Å². The lowest BCUT2D eigenvalue weighted by Gasteiger charge is -2.37. The molecular weight excluding hydrogens is 583 g/mol. The molecule has 44 heavy (non-hydrogen) atoms. The molecule has 3 N–H and O–H groups in total. The van der Waals surface area contributed by atoms with E-state index >= 15 is 0 Å². The van der Waals surface area contributed by atoms with E-state index in [0.29, 0.717) is 48.0 Å². The van der Waals surface area contributed by atoms with Crippen LogP contribution in [0.4, 0.5) is 15.8 Å². The minimum Gasteiger partial charge on any atom is -0.481 e. The van der Waals surface area contributed by atoms with E-state index in [9.17, 15) is 28.7 Å². The van der Waals surface area contributed by atoms with Crippen molar-refractivity contribution >= 4 is 46.4 Å². The number of nitrogens with one attached hydrogen (secondary N) is 2. The molecule has 1 atom stereocenters. The van der Waals surface area contributed by atoms with Gasteiger partial charge in [0.1, 0.15) is 5.82 Å². The first kappa shape index (κ1) is 30.4. The Kier molecular flexibility index (Phi) is 9.35. The average molecular weight is 615 g/mol. The molecule has 0 bridgehead atoms. The van der Waals surface area contributed by atoms with E-state index in [1.165, 1.54) is 35.6 Å². The number of amides is 3. The number of carbonyl (C=O) groups excluding carboxylic acids is 3. The van der Waals surface area contributed by atoms with Crippen molar-refractivity contribution in [2.24, 2.45) is 0 Å². The fourth-order valence-corrected chi connectivity index (χ4v) is 5.74. The second-order valence-electron chi connectivity index (χ2n) is 10.5. The normalized spacial score (nSPS) is 13.7. The minimum absolute atomic E-state index is 0.0317. The molecule has 1 aliphatic heterocycles. The van der Waals surface area contributed by atoms with Gasteiger partial charge in [-0.25, -0.2) is 4.39 Å². The van der Waals surface area contributed by atoms with Crippen molar-refractivity contribution in [2.75, 3.05) is 36.4 Å². The minimum atomic E-state index is -1.06. The van der Waals surface area contributed by atoms with Gasteiger partial charge in [0.15, 0.2) is 0 Å². The summed E-state index contributed by atoms with van der Waals surface area (Å²) in [7, 11) is 0. The van der Waals surface area contributed by atoms with Gasteiger partial charge in [-0.3, -0.25) is 19.2 Å². The third-order valence-electron chi connectivity index (χ3n) is 7.40. The number of benzene rings is 3. The van der Waals surface area contributed by atoms with Crippen molar-refractivity contribution in [3.8, 4) is 0 Å². The number of rotatable bonds is 9. The third-order valence-corrected chi connectivity index (χ3v) is 8.25. The third kappa shape index (κ3) is 7.30. The molecule has 2 heterocycles. The fourth-order valence-electron chi connectivity index (χ4n) is 5.05. The summed E-state index contributed by atoms with van der Waals surface area (Å²) in [6, 6.07) is 20.2. The van der Waals surface area contributed by atoms with Gasteiger partial charge in [0.05, 0.1) is 28.7 Å². The lowest BCUT2D eigenvalue weighted by Crippen LogP contribution is -2.48. The van der Waals surface area contributed by atoms with Crippen molar-refractivity contribution in [2.45, 2.75) is 19.4 Å². The highest BCUT2D eigenvalue weighted by atomic mass is 32.1. The Bertz CT molecular complexity index is 1670. The van der Waals surface area contributed by atoms with Crippen molar-refractivity contribution in [1.29, 1.82) is 0 Å². The molecule has 1 aromatic heterocycles. The Balaban J connectivity index is 1.40. The van der Waals surface area contributed by atoms with Crippen LogP contribution in [0.1, 0.15) is 54.0 Å². The zero-order valence-corrected chi connectivity index (χ0v) is 24.8. The van der Waals surface area contributed by atoms with E-state index in [0.717, 1.165) is 11.6 Å². The maximum atomic E-state index is 13.9. The van der Waals surface area contributed by atoms with Crippen LogP contribution < -0.4 is 15.5 Å². The fraction of sp³-hybridized carbons (Fsp3) is 0.212. The summed E-state index contributed by atoms with van der Waals surface area (Å²) < 4.78 is 13.9. The lowest BCUT2D eigenvalue weighted by atomic mass is 10.0. The second kappa shape index (κ2) is 13.5. The van der Waals surface area contributed by atoms with E-state index in [1.807, 2.05) is 35.4 Å². The van der Waals surface area contributed by atoms with Gasteiger partial charge in [0.25, 0.3) is 17.7 Å². The Morgan fingerprint density at radius 3 is 2.27 bits per heavy atom. The molecule has 0 aliphatic carbocycles. The van der Waals surface area contributed by atoms with Crippen molar-refractivity contribution < 1.29 is 28.7 Å². The first-order valence-electron chi connectivity index (χ1n) is 14.1. The van der Waals surface area contributed by atoms with Crippen LogP contribution in [-0.2, 0) is 4.79 Å². The van der Waals surface area contributed by atoms with Gasteiger partial charge in [-0.1, -0.05) is 42.0 Å². The summed E-state index contributed by atoms with van der Waals surface area (Å²) in [4.78, 5) is 55.5. The first-order valence-corrected chi connectivity index (χ1v) is 14.9. The SMILES string of the molecule is Cc1ccc(C(CC(=O)O)NC(=O)c2ccc(N3CCN(C(=O)c4cccs4)CC3)c(NC(=O)c3cccc(F)c3)c2)cc1. The molecular formula is C33H31FN4O5S. The van der Waals surface area contributed by atoms with Crippen LogP contribution in [0.5, 0.6) is 0 Å². The van der Waals surface area contributed by atoms with Gasteiger partial charge in [0.2, 0.25) is 0 Å². The molecule has 1 fully saturated rings. The Morgan fingerprint density at radius 1 is 0.886 bits per heavy atom. The molecule has 3 aromatic carbocycles. The quantitative estimate of drug-likeness (QED) is 0.234. The first-order chi connectivity index (χ1) is 21.2. The van der Waals surface area contributed by atoms with Gasteiger partial charge in [-0.2, -0.15) is 0 Å². The number of halogens is 1. The number of nitrogens with zero attached hydrogens (tertiary/aromatic N) is 2. The van der Waals surface area contributed by atoms with Crippen LogP contribution in [0, 0.1) is 12.7 Å². The Morgan fingerprint density at radius 2 is 1.61 bits per heavy atom. The standard InChI is InChI=1S/C33H31FN4O5S/c1-21-7-9-22(10-8-21)26(20-30(39)40)35-32(42)24-11-12-28(27(19-24)36-31(41)23-4-2-5-25(34)18-23)37-13-15-38(16-14-37)33(43)29-6-3-17-44-29/h2-12,17-19,26H,13-16,20H2,1H3,(H,35,42)(H,36,41)(H,39,40). The topological polar surface area (TPSA) is 119 Å². The Hall–Kier alpha value is -5.03. The number of hydrogen-bond donors (Lipinski definition) is 3. The van der Waals surface area contributed by atoms with Crippen LogP contribution >= 0.6 is 11.3 Å². The summed E-state index contributed by atoms with van der Waals surface area (Å²) in [5.74, 6) is -2.73. The van der Waals surface area contributed by atoms with Crippen LogP contribution in [0.3, 0.4) is 0 Å². The van der Waals surface area contributed by atoms with Gasteiger partial charge in [0, 0.05) is 37.3 Å². The van der Waals surface area contributed by atoms with Crippen molar-refractivity contribution in [3.05, 3.63) is 117 Å². The number of aryl methyl sites for hydroxylation is 1. The number of carbonyl (C=O) groups is 4. The molecule has 1 saturated heterocycles. The molecule has 9 nitrogen and oxygen atoms in total. The summed E-state index contributed by atoms with van der Waals surface area (Å²) in [6.45, 7) is 3.81. The summed E-state index contributed by atoms with van der Waals surface area (Å²) in [5.41, 5.74) is 2.93. The van der Waals surface area contributed by atoms with Crippen molar-refractivity contribution in [3.63, 3.8) is 0 Å². The largest absolute Gasteiger partial charge is 0.481 e. The zero-order valence-electron chi connectivity index (χ0n) is 24.0. The molecule has 11 heteroatoms. The van der Waals surface area contributed by atoms with Gasteiger partial charge < -0.3 is 25.5 Å². The monoisotopic (exact) mass is 614 g/mol. The van der Waals surface area contributed by atoms with Crippen LogP contribution in [0.25, 0.3) is 0 Å². The summed E-state index contributed by atoms with van der Waals surface area (Å²) in [6.07, 6.45) is -0.315. The molecule has 0 radical (unpaired) electrons. The zero-order chi connectivity index (χ0) is 31.2. The maximum absolute atomic E-state index is 13.9. The average Bonchev–Trinajstić information content (AvgIpc) is 3.56. The molecule has 4 aromatic rings. The van der Waals surface area contributed by atoms with Crippen LogP contribution in [0.2, 0.25) is 0 Å². The van der Waals surface area contributed by atoms with Gasteiger partial charge >= 0.3 is 5.97 Å². The molecule has 226 valence electrons. The van der Waals surface area contributed by atoms with Crippen molar-refractivity contribution in [1.82, 2.24) is 10.2 Å². The molecule has 0 saturated carbocycles. The molecule has 3 amide bonds. The van der Waals surface area contributed by atoms with Gasteiger partial charge in [-0.15, -0.1) is 11.3 Å². The molecule has 1 aliphatic rings. The molecule has 5 rings (SSSR count). The highest BCUT2D eigenvalue weighted by molar-refractivity contribution is 7.12. The summed E-state index contributed by atoms with van der Waals surface area (Å²) in [5, 5.41) is 17.0. The predicted octanol–water partition coefficient (Wildman–Crippen LogP) is 5.36. The number of carboxylic acids is 1.